The van der Waals surface area contributed by atoms with Gasteiger partial charge in [-0.25, -0.2) is 8.42 Å². The molecule has 0 amide bonds. The fourth-order valence-corrected chi connectivity index (χ4v) is 3.15. The first-order valence-electron chi connectivity index (χ1n) is 8.03. The second-order valence-corrected chi connectivity index (χ2v) is 7.42. The van der Waals surface area contributed by atoms with Crippen LogP contribution in [0, 0.1) is 0 Å². The van der Waals surface area contributed by atoms with Gasteiger partial charge in [-0.2, -0.15) is 0 Å². The van der Waals surface area contributed by atoms with Crippen LogP contribution in [0.3, 0.4) is 0 Å². The van der Waals surface area contributed by atoms with Crippen molar-refractivity contribution in [3.8, 4) is 5.75 Å². The molecule has 2 aliphatic rings. The van der Waals surface area contributed by atoms with E-state index in [4.69, 9.17) is 14.2 Å². The van der Waals surface area contributed by atoms with Gasteiger partial charge in [0, 0.05) is 0 Å². The molecule has 1 aromatic carbocycles. The second-order valence-electron chi connectivity index (χ2n) is 5.67. The zero-order chi connectivity index (χ0) is 17.4. The van der Waals surface area contributed by atoms with E-state index in [1.54, 1.807) is 7.11 Å². The Balaban J connectivity index is 0.000000292. The van der Waals surface area contributed by atoms with Crippen LogP contribution in [0.15, 0.2) is 12.1 Å². The van der Waals surface area contributed by atoms with Gasteiger partial charge in [-0.1, -0.05) is 0 Å². The van der Waals surface area contributed by atoms with Gasteiger partial charge in [-0.15, -0.1) is 0 Å². The Morgan fingerprint density at radius 2 is 1.58 bits per heavy atom. The van der Waals surface area contributed by atoms with Crippen LogP contribution in [0.5, 0.6) is 5.75 Å². The van der Waals surface area contributed by atoms with Crippen LogP contribution in [0.25, 0.3) is 0 Å². The summed E-state index contributed by atoms with van der Waals surface area (Å²) in [6, 6.07) is 3.80. The van der Waals surface area contributed by atoms with Crippen molar-refractivity contribution in [3.63, 3.8) is 0 Å². The molecule has 0 spiro atoms. The van der Waals surface area contributed by atoms with Crippen molar-refractivity contribution in [1.29, 1.82) is 0 Å². The van der Waals surface area contributed by atoms with E-state index in [9.17, 15) is 8.42 Å². The first kappa shape index (κ1) is 19.0. The van der Waals surface area contributed by atoms with Crippen LogP contribution in [-0.2, 0) is 32.3 Å². The highest BCUT2D eigenvalue weighted by Gasteiger charge is 2.14. The van der Waals surface area contributed by atoms with Crippen molar-refractivity contribution in [3.05, 3.63) is 23.3 Å². The maximum absolute atomic E-state index is 11.3. The summed E-state index contributed by atoms with van der Waals surface area (Å²) in [6.45, 7) is 4.96. The van der Waals surface area contributed by atoms with Crippen molar-refractivity contribution >= 4 is 15.7 Å². The summed E-state index contributed by atoms with van der Waals surface area (Å²) in [4.78, 5) is 0. The molecule has 0 bridgehead atoms. The Bertz CT molecular complexity index is 618. The number of anilines is 1. The second kappa shape index (κ2) is 9.22. The smallest absolute Gasteiger partial charge is 0.229 e. The standard InChI is InChI=1S/C12H18N2O3S.C4H8O2/c1-17-12-8-10-4-6-13-5-3-9(10)7-11(12)14-18(2,15)16;1-2-6-4-3-5-1/h7-8,13-14H,3-6H2,1-2H3;1-4H2. The predicted octanol–water partition coefficient (Wildman–Crippen LogP) is 0.788. The van der Waals surface area contributed by atoms with E-state index in [1.807, 2.05) is 12.1 Å². The lowest BCUT2D eigenvalue weighted by Gasteiger charge is -2.14. The van der Waals surface area contributed by atoms with Crippen LogP contribution in [0.1, 0.15) is 11.1 Å². The Morgan fingerprint density at radius 3 is 2.04 bits per heavy atom. The zero-order valence-electron chi connectivity index (χ0n) is 14.3. The lowest BCUT2D eigenvalue weighted by Crippen LogP contribution is -2.16. The SMILES string of the molecule is C1COCCO1.COc1cc2c(cc1NS(C)(=O)=O)CCNCC2. The summed E-state index contributed by atoms with van der Waals surface area (Å²) in [7, 11) is -1.75. The molecule has 0 unspecified atom stereocenters. The molecule has 1 fully saturated rings. The summed E-state index contributed by atoms with van der Waals surface area (Å²) in [5, 5.41) is 3.32. The van der Waals surface area contributed by atoms with Gasteiger partial charge in [-0.05, 0) is 49.2 Å². The Labute approximate surface area is 143 Å². The van der Waals surface area contributed by atoms with Crippen molar-refractivity contribution in [2.75, 3.05) is 57.6 Å². The fraction of sp³-hybridized carbons (Fsp3) is 0.625. The maximum atomic E-state index is 11.3. The van der Waals surface area contributed by atoms with E-state index in [-0.39, 0.29) is 0 Å². The van der Waals surface area contributed by atoms with Crippen LogP contribution in [0.4, 0.5) is 5.69 Å². The number of ether oxygens (including phenoxy) is 3. The molecular weight excluding hydrogens is 332 g/mol. The monoisotopic (exact) mass is 358 g/mol. The van der Waals surface area contributed by atoms with Crippen molar-refractivity contribution in [2.24, 2.45) is 0 Å². The third-order valence-electron chi connectivity index (χ3n) is 3.70. The van der Waals surface area contributed by atoms with Crippen LogP contribution >= 0.6 is 0 Å². The molecule has 2 heterocycles. The maximum Gasteiger partial charge on any atom is 0.229 e. The number of benzene rings is 1. The average molecular weight is 358 g/mol. The Kier molecular flexibility index (Phi) is 7.29. The number of fused-ring (bicyclic) bond motifs is 1. The van der Waals surface area contributed by atoms with Gasteiger partial charge in [-0.3, -0.25) is 4.72 Å². The van der Waals surface area contributed by atoms with E-state index in [0.29, 0.717) is 11.4 Å². The first-order chi connectivity index (χ1) is 11.5. The minimum absolute atomic E-state index is 0.514. The van der Waals surface area contributed by atoms with Crippen molar-refractivity contribution < 1.29 is 22.6 Å². The summed E-state index contributed by atoms with van der Waals surface area (Å²) < 4.78 is 40.3. The lowest BCUT2D eigenvalue weighted by atomic mass is 10.0. The Morgan fingerprint density at radius 1 is 1.04 bits per heavy atom. The predicted molar refractivity (Wildman–Crippen MR) is 93.4 cm³/mol. The van der Waals surface area contributed by atoms with Gasteiger partial charge >= 0.3 is 0 Å². The van der Waals surface area contributed by atoms with E-state index in [2.05, 4.69) is 10.0 Å². The highest BCUT2D eigenvalue weighted by Crippen LogP contribution is 2.30. The zero-order valence-corrected chi connectivity index (χ0v) is 15.1. The van der Waals surface area contributed by atoms with Crippen LogP contribution in [-0.4, -0.2) is 61.3 Å². The summed E-state index contributed by atoms with van der Waals surface area (Å²) in [5.74, 6) is 0.570. The highest BCUT2D eigenvalue weighted by atomic mass is 32.2. The summed E-state index contributed by atoms with van der Waals surface area (Å²) in [5.41, 5.74) is 2.91. The third kappa shape index (κ3) is 6.27. The molecule has 0 saturated carbocycles. The molecular formula is C16H26N2O5S. The summed E-state index contributed by atoms with van der Waals surface area (Å²) >= 11 is 0. The van der Waals surface area contributed by atoms with E-state index in [1.165, 1.54) is 11.1 Å². The van der Waals surface area contributed by atoms with E-state index in [0.717, 1.165) is 58.6 Å². The fourth-order valence-electron chi connectivity index (χ4n) is 2.59. The molecule has 2 N–H and O–H groups in total. The van der Waals surface area contributed by atoms with Gasteiger partial charge in [0.15, 0.2) is 0 Å². The molecule has 136 valence electrons. The molecule has 3 rings (SSSR count). The number of methoxy groups -OCH3 is 1. The number of nitrogens with one attached hydrogen (secondary N) is 2. The number of rotatable bonds is 3. The van der Waals surface area contributed by atoms with E-state index < -0.39 is 10.0 Å². The normalized spacial score (nSPS) is 17.8. The number of sulfonamides is 1. The number of hydrogen-bond donors (Lipinski definition) is 2. The van der Waals surface area contributed by atoms with Gasteiger partial charge in [0.05, 0.1) is 45.5 Å². The first-order valence-corrected chi connectivity index (χ1v) is 9.92. The van der Waals surface area contributed by atoms with Gasteiger partial charge in [0.1, 0.15) is 5.75 Å². The Hall–Kier alpha value is -1.35. The molecule has 0 aliphatic carbocycles. The van der Waals surface area contributed by atoms with Gasteiger partial charge in [0.2, 0.25) is 10.0 Å². The summed E-state index contributed by atoms with van der Waals surface area (Å²) in [6.07, 6.45) is 2.97. The number of hydrogen-bond acceptors (Lipinski definition) is 6. The van der Waals surface area contributed by atoms with E-state index >= 15 is 0 Å². The molecule has 24 heavy (non-hydrogen) atoms. The molecule has 0 aromatic heterocycles. The molecule has 2 aliphatic heterocycles. The van der Waals surface area contributed by atoms with Gasteiger partial charge in [0.25, 0.3) is 0 Å². The minimum Gasteiger partial charge on any atom is -0.495 e. The quantitative estimate of drug-likeness (QED) is 0.831. The molecule has 1 saturated heterocycles. The van der Waals surface area contributed by atoms with Gasteiger partial charge < -0.3 is 19.5 Å². The van der Waals surface area contributed by atoms with Crippen molar-refractivity contribution in [1.82, 2.24) is 5.32 Å². The molecule has 0 atom stereocenters. The third-order valence-corrected chi connectivity index (χ3v) is 4.29. The molecule has 0 radical (unpaired) electrons. The molecule has 8 heteroatoms. The largest absolute Gasteiger partial charge is 0.495 e. The molecule has 7 nitrogen and oxygen atoms in total. The van der Waals surface area contributed by atoms with Crippen LogP contribution in [0.2, 0.25) is 0 Å². The average Bonchev–Trinajstić information content (AvgIpc) is 2.79. The lowest BCUT2D eigenvalue weighted by molar-refractivity contribution is -0.0334. The topological polar surface area (TPSA) is 85.9 Å². The van der Waals surface area contributed by atoms with Crippen molar-refractivity contribution in [2.45, 2.75) is 12.8 Å². The van der Waals surface area contributed by atoms with Crippen LogP contribution < -0.4 is 14.8 Å². The minimum atomic E-state index is -3.29. The molecule has 1 aromatic rings. The highest BCUT2D eigenvalue weighted by molar-refractivity contribution is 7.92.